The third-order valence-corrected chi connectivity index (χ3v) is 5.65. The lowest BCUT2D eigenvalue weighted by Gasteiger charge is -2.33. The van der Waals surface area contributed by atoms with Crippen molar-refractivity contribution in [3.63, 3.8) is 0 Å². The van der Waals surface area contributed by atoms with E-state index < -0.39 is 0 Å². The number of hydrogen-bond acceptors (Lipinski definition) is 6. The van der Waals surface area contributed by atoms with Gasteiger partial charge >= 0.3 is 0 Å². The lowest BCUT2D eigenvalue weighted by atomic mass is 10.2. The summed E-state index contributed by atoms with van der Waals surface area (Å²) in [7, 11) is 7.53. The predicted octanol–water partition coefficient (Wildman–Crippen LogP) is 2.45. The maximum Gasteiger partial charge on any atom is 0.194 e. The number of pyridine rings is 1. The van der Waals surface area contributed by atoms with Gasteiger partial charge in [-0.1, -0.05) is 0 Å². The molecule has 174 valence electrons. The number of anilines is 1. The van der Waals surface area contributed by atoms with E-state index in [2.05, 4.69) is 45.0 Å². The molecule has 1 saturated heterocycles. The van der Waals surface area contributed by atoms with Crippen LogP contribution in [0.3, 0.4) is 0 Å². The van der Waals surface area contributed by atoms with Crippen LogP contribution in [0, 0.1) is 0 Å². The monoisotopic (exact) mass is 440 g/mol. The second kappa shape index (κ2) is 11.6. The smallest absolute Gasteiger partial charge is 0.194 e. The Balaban J connectivity index is 1.70. The molecule has 3 rings (SSSR count). The molecule has 0 saturated carbocycles. The Bertz CT molecular complexity index is 896. The molecule has 0 radical (unpaired) electrons. The first-order valence-corrected chi connectivity index (χ1v) is 11.1. The topological polar surface area (TPSA) is 65.5 Å². The third-order valence-electron chi connectivity index (χ3n) is 5.65. The zero-order valence-electron chi connectivity index (χ0n) is 20.0. The Labute approximate surface area is 191 Å². The van der Waals surface area contributed by atoms with Crippen LogP contribution in [0.2, 0.25) is 0 Å². The van der Waals surface area contributed by atoms with E-state index in [1.807, 2.05) is 37.5 Å². The number of rotatable bonds is 8. The Kier molecular flexibility index (Phi) is 8.56. The zero-order chi connectivity index (χ0) is 22.9. The van der Waals surface area contributed by atoms with Gasteiger partial charge in [0.15, 0.2) is 5.96 Å². The van der Waals surface area contributed by atoms with Crippen molar-refractivity contribution < 1.29 is 9.47 Å². The zero-order valence-corrected chi connectivity index (χ0v) is 20.0. The fourth-order valence-electron chi connectivity index (χ4n) is 3.72. The number of ether oxygens (including phenoxy) is 2. The van der Waals surface area contributed by atoms with E-state index in [-0.39, 0.29) is 0 Å². The van der Waals surface area contributed by atoms with Crippen molar-refractivity contribution in [1.29, 1.82) is 0 Å². The molecular weight excluding hydrogens is 404 g/mol. The summed E-state index contributed by atoms with van der Waals surface area (Å²) in [6, 6.07) is 10.1. The second-order valence-electron chi connectivity index (χ2n) is 8.02. The van der Waals surface area contributed by atoms with Crippen LogP contribution < -0.4 is 19.7 Å². The summed E-state index contributed by atoms with van der Waals surface area (Å²) >= 11 is 0. The minimum absolute atomic E-state index is 0.593. The molecule has 1 aromatic carbocycles. The summed E-state index contributed by atoms with van der Waals surface area (Å²) in [4.78, 5) is 16.3. The molecule has 8 heteroatoms. The quantitative estimate of drug-likeness (QED) is 0.500. The first kappa shape index (κ1) is 23.7. The molecule has 0 spiro atoms. The highest BCUT2D eigenvalue weighted by Gasteiger charge is 2.16. The fourth-order valence-corrected chi connectivity index (χ4v) is 3.72. The van der Waals surface area contributed by atoms with Gasteiger partial charge in [-0.25, -0.2) is 9.98 Å². The minimum Gasteiger partial charge on any atom is -0.497 e. The van der Waals surface area contributed by atoms with Gasteiger partial charge in [0.05, 0.1) is 20.8 Å². The third kappa shape index (κ3) is 6.26. The number of guanidine groups is 1. The summed E-state index contributed by atoms with van der Waals surface area (Å²) in [6.45, 7) is 8.28. The highest BCUT2D eigenvalue weighted by Crippen LogP contribution is 2.25. The molecule has 8 nitrogen and oxygen atoms in total. The lowest BCUT2D eigenvalue weighted by molar-refractivity contribution is 0.312. The molecule has 2 heterocycles. The molecule has 1 aromatic heterocycles. The van der Waals surface area contributed by atoms with Gasteiger partial charge in [-0.15, -0.1) is 0 Å². The lowest BCUT2D eigenvalue weighted by Crippen LogP contribution is -2.44. The molecule has 0 aliphatic carbocycles. The molecular formula is C24H36N6O2. The molecule has 1 fully saturated rings. The number of nitrogens with zero attached hydrogens (tertiary/aromatic N) is 5. The summed E-state index contributed by atoms with van der Waals surface area (Å²) in [5, 5.41) is 3.39. The number of aromatic nitrogens is 1. The van der Waals surface area contributed by atoms with Crippen LogP contribution in [0.4, 0.5) is 5.82 Å². The van der Waals surface area contributed by atoms with Crippen molar-refractivity contribution in [2.75, 3.05) is 65.9 Å². The average molecular weight is 441 g/mol. The van der Waals surface area contributed by atoms with Crippen molar-refractivity contribution in [1.82, 2.24) is 20.1 Å². The van der Waals surface area contributed by atoms with Gasteiger partial charge in [0.25, 0.3) is 0 Å². The number of aliphatic imine (C=N–C) groups is 1. The molecule has 0 unspecified atom stereocenters. The van der Waals surface area contributed by atoms with Crippen molar-refractivity contribution in [3.8, 4) is 11.5 Å². The van der Waals surface area contributed by atoms with E-state index in [1.54, 1.807) is 14.2 Å². The largest absolute Gasteiger partial charge is 0.497 e. The van der Waals surface area contributed by atoms with Gasteiger partial charge in [0.1, 0.15) is 17.3 Å². The number of benzene rings is 1. The van der Waals surface area contributed by atoms with Crippen LogP contribution in [0.15, 0.2) is 41.5 Å². The summed E-state index contributed by atoms with van der Waals surface area (Å²) in [5.41, 5.74) is 2.22. The molecule has 2 aromatic rings. The summed E-state index contributed by atoms with van der Waals surface area (Å²) < 4.78 is 10.9. The van der Waals surface area contributed by atoms with Crippen molar-refractivity contribution in [2.45, 2.75) is 20.0 Å². The number of likely N-dealkylation sites (N-methyl/N-ethyl adjacent to an activating group) is 1. The summed E-state index contributed by atoms with van der Waals surface area (Å²) in [6.07, 6.45) is 1.89. The SMILES string of the molecule is CCNC(=NCc1ccnc(N2CCN(C)CC2)c1)N(C)Cc1ccc(OC)cc1OC. The first-order chi connectivity index (χ1) is 15.5. The first-order valence-electron chi connectivity index (χ1n) is 11.1. The highest BCUT2D eigenvalue weighted by molar-refractivity contribution is 5.79. The molecule has 1 aliphatic heterocycles. The number of piperazine rings is 1. The number of methoxy groups -OCH3 is 2. The Morgan fingerprint density at radius 2 is 1.91 bits per heavy atom. The summed E-state index contributed by atoms with van der Waals surface area (Å²) in [5.74, 6) is 3.47. The van der Waals surface area contributed by atoms with Gasteiger partial charge in [0, 0.05) is 64.1 Å². The van der Waals surface area contributed by atoms with Crippen molar-refractivity contribution in [2.24, 2.45) is 4.99 Å². The molecule has 1 N–H and O–H groups in total. The van der Waals surface area contributed by atoms with Gasteiger partial charge in [-0.2, -0.15) is 0 Å². The molecule has 32 heavy (non-hydrogen) atoms. The molecule has 0 amide bonds. The predicted molar refractivity (Wildman–Crippen MR) is 130 cm³/mol. The van der Waals surface area contributed by atoms with Crippen LogP contribution in [0.5, 0.6) is 11.5 Å². The number of hydrogen-bond donors (Lipinski definition) is 1. The van der Waals surface area contributed by atoms with Crippen molar-refractivity contribution >= 4 is 11.8 Å². The standard InChI is InChI=1S/C24H36N6O2/c1-6-25-24(29(3)18-20-7-8-21(31-4)16-22(20)32-5)27-17-19-9-10-26-23(15-19)30-13-11-28(2)12-14-30/h7-10,15-16H,6,11-14,17-18H2,1-5H3,(H,25,27). The molecule has 0 bridgehead atoms. The van der Waals surface area contributed by atoms with Crippen LogP contribution in [0.25, 0.3) is 0 Å². The van der Waals surface area contributed by atoms with E-state index in [0.29, 0.717) is 13.1 Å². The minimum atomic E-state index is 0.593. The van der Waals surface area contributed by atoms with Crippen molar-refractivity contribution in [3.05, 3.63) is 47.7 Å². The number of nitrogens with one attached hydrogen (secondary N) is 1. The van der Waals surface area contributed by atoms with Gasteiger partial charge in [0.2, 0.25) is 0 Å². The average Bonchev–Trinajstić information content (AvgIpc) is 2.82. The second-order valence-corrected chi connectivity index (χ2v) is 8.02. The van der Waals surface area contributed by atoms with Gasteiger partial charge in [-0.3, -0.25) is 0 Å². The van der Waals surface area contributed by atoms with Crippen LogP contribution in [-0.2, 0) is 13.1 Å². The normalized spacial score (nSPS) is 14.9. The van der Waals surface area contributed by atoms with Crippen LogP contribution in [0.1, 0.15) is 18.1 Å². The van der Waals surface area contributed by atoms with Crippen LogP contribution in [-0.4, -0.2) is 81.8 Å². The molecule has 0 atom stereocenters. The van der Waals surface area contributed by atoms with E-state index in [9.17, 15) is 0 Å². The maximum atomic E-state index is 5.55. The Hall–Kier alpha value is -3.00. The van der Waals surface area contributed by atoms with Gasteiger partial charge < -0.3 is 29.5 Å². The van der Waals surface area contributed by atoms with Crippen LogP contribution >= 0.6 is 0 Å². The maximum absolute atomic E-state index is 5.55. The van der Waals surface area contributed by atoms with E-state index in [1.165, 1.54) is 0 Å². The fraction of sp³-hybridized carbons (Fsp3) is 0.500. The van der Waals surface area contributed by atoms with E-state index in [0.717, 1.165) is 67.1 Å². The Morgan fingerprint density at radius 3 is 2.59 bits per heavy atom. The highest BCUT2D eigenvalue weighted by atomic mass is 16.5. The van der Waals surface area contributed by atoms with E-state index >= 15 is 0 Å². The van der Waals surface area contributed by atoms with Gasteiger partial charge in [-0.05, 0) is 43.8 Å². The van der Waals surface area contributed by atoms with E-state index in [4.69, 9.17) is 14.5 Å². The molecule has 1 aliphatic rings. The Morgan fingerprint density at radius 1 is 1.12 bits per heavy atom.